The molecule has 1 amide bonds. The van der Waals surface area contributed by atoms with E-state index < -0.39 is 5.60 Å². The Balaban J connectivity index is 1.66. The van der Waals surface area contributed by atoms with E-state index in [4.69, 9.17) is 4.74 Å². The highest BCUT2D eigenvalue weighted by Gasteiger charge is 2.30. The summed E-state index contributed by atoms with van der Waals surface area (Å²) in [6, 6.07) is 0. The molecule has 2 N–H and O–H groups in total. The van der Waals surface area contributed by atoms with Gasteiger partial charge in [0.25, 0.3) is 0 Å². The van der Waals surface area contributed by atoms with Gasteiger partial charge in [0.15, 0.2) is 0 Å². The summed E-state index contributed by atoms with van der Waals surface area (Å²) in [6.07, 6.45) is 4.47. The normalized spacial score (nSPS) is 29.5. The van der Waals surface area contributed by atoms with Gasteiger partial charge < -0.3 is 20.1 Å². The number of ether oxygens (including phenoxy) is 1. The first-order valence-corrected chi connectivity index (χ1v) is 7.39. The molecule has 5 heteroatoms. The molecule has 2 aliphatic rings. The predicted molar refractivity (Wildman–Crippen MR) is 72.9 cm³/mol. The van der Waals surface area contributed by atoms with Crippen LogP contribution in [0.1, 0.15) is 39.0 Å². The molecule has 0 spiro atoms. The zero-order valence-corrected chi connectivity index (χ0v) is 11.9. The molecule has 2 rings (SSSR count). The lowest BCUT2D eigenvalue weighted by Gasteiger charge is -2.37. The van der Waals surface area contributed by atoms with E-state index >= 15 is 0 Å². The summed E-state index contributed by atoms with van der Waals surface area (Å²) in [5, 5.41) is 13.3. The van der Waals surface area contributed by atoms with E-state index in [9.17, 15) is 9.90 Å². The molecular weight excluding hydrogens is 244 g/mol. The Hall–Kier alpha value is -0.650. The van der Waals surface area contributed by atoms with Crippen molar-refractivity contribution in [3.63, 3.8) is 0 Å². The minimum absolute atomic E-state index is 0.105. The van der Waals surface area contributed by atoms with Gasteiger partial charge >= 0.3 is 0 Å². The highest BCUT2D eigenvalue weighted by atomic mass is 16.5. The number of nitrogens with one attached hydrogen (secondary N) is 1. The lowest BCUT2D eigenvalue weighted by Crippen LogP contribution is -2.48. The summed E-state index contributed by atoms with van der Waals surface area (Å²) in [4.78, 5) is 13.8. The van der Waals surface area contributed by atoms with Gasteiger partial charge in [0.1, 0.15) is 0 Å². The lowest BCUT2D eigenvalue weighted by molar-refractivity contribution is -0.139. The molecule has 19 heavy (non-hydrogen) atoms. The van der Waals surface area contributed by atoms with Gasteiger partial charge in [-0.15, -0.1) is 0 Å². The van der Waals surface area contributed by atoms with Crippen molar-refractivity contribution in [1.82, 2.24) is 10.2 Å². The molecule has 0 bridgehead atoms. The van der Waals surface area contributed by atoms with Crippen molar-refractivity contribution in [1.29, 1.82) is 0 Å². The summed E-state index contributed by atoms with van der Waals surface area (Å²) in [5.41, 5.74) is -0.718. The van der Waals surface area contributed by atoms with Gasteiger partial charge in [-0.25, -0.2) is 0 Å². The number of aliphatic hydroxyl groups is 1. The molecule has 0 aliphatic carbocycles. The standard InChI is InChI=1S/C14H26N2O3/c1-14(18)6-2-9-16(11-14)13(17)5-10-19-12-3-7-15-8-4-12/h12,15,18H,2-11H2,1H3. The molecule has 5 nitrogen and oxygen atoms in total. The summed E-state index contributed by atoms with van der Waals surface area (Å²) in [5.74, 6) is 0.105. The maximum atomic E-state index is 12.1. The first-order valence-electron chi connectivity index (χ1n) is 7.39. The van der Waals surface area contributed by atoms with Gasteiger partial charge in [-0.1, -0.05) is 0 Å². The molecule has 110 valence electrons. The number of nitrogens with zero attached hydrogens (tertiary/aromatic N) is 1. The topological polar surface area (TPSA) is 61.8 Å². The van der Waals surface area contributed by atoms with E-state index in [1.54, 1.807) is 11.8 Å². The minimum atomic E-state index is -0.718. The third-order valence-electron chi connectivity index (χ3n) is 3.98. The lowest BCUT2D eigenvalue weighted by atomic mass is 9.95. The average Bonchev–Trinajstić information content (AvgIpc) is 2.38. The highest BCUT2D eigenvalue weighted by molar-refractivity contribution is 5.76. The van der Waals surface area contributed by atoms with Crippen LogP contribution in [0.5, 0.6) is 0 Å². The van der Waals surface area contributed by atoms with Gasteiger partial charge in [-0.3, -0.25) is 4.79 Å². The summed E-state index contributed by atoms with van der Waals surface area (Å²) in [7, 11) is 0. The fourth-order valence-corrected chi connectivity index (χ4v) is 2.87. The monoisotopic (exact) mass is 270 g/mol. The maximum Gasteiger partial charge on any atom is 0.224 e. The van der Waals surface area contributed by atoms with Crippen molar-refractivity contribution in [2.24, 2.45) is 0 Å². The van der Waals surface area contributed by atoms with Crippen LogP contribution < -0.4 is 5.32 Å². The minimum Gasteiger partial charge on any atom is -0.388 e. The molecule has 1 unspecified atom stereocenters. The first kappa shape index (κ1) is 14.8. The van der Waals surface area contributed by atoms with Gasteiger partial charge in [0.2, 0.25) is 5.91 Å². The van der Waals surface area contributed by atoms with Crippen LogP contribution in [0.15, 0.2) is 0 Å². The fourth-order valence-electron chi connectivity index (χ4n) is 2.87. The molecule has 2 aliphatic heterocycles. The number of rotatable bonds is 4. The molecule has 1 atom stereocenters. The second-order valence-electron chi connectivity index (χ2n) is 5.99. The van der Waals surface area contributed by atoms with Crippen LogP contribution in [0.25, 0.3) is 0 Å². The Kier molecular flexibility index (Phi) is 5.19. The van der Waals surface area contributed by atoms with Crippen molar-refractivity contribution in [2.75, 3.05) is 32.8 Å². The predicted octanol–water partition coefficient (Wildman–Crippen LogP) is 0.519. The van der Waals surface area contributed by atoms with Crippen molar-refractivity contribution < 1.29 is 14.6 Å². The zero-order chi connectivity index (χ0) is 13.7. The molecule has 0 aromatic carbocycles. The summed E-state index contributed by atoms with van der Waals surface area (Å²) >= 11 is 0. The third-order valence-corrected chi connectivity index (χ3v) is 3.98. The Morgan fingerprint density at radius 3 is 2.89 bits per heavy atom. The van der Waals surface area contributed by atoms with E-state index in [-0.39, 0.29) is 5.91 Å². The third kappa shape index (κ3) is 4.75. The molecule has 0 aromatic rings. The Labute approximate surface area is 115 Å². The number of carbonyl (C=O) groups is 1. The number of hydrogen-bond acceptors (Lipinski definition) is 4. The molecule has 0 radical (unpaired) electrons. The second kappa shape index (κ2) is 6.68. The van der Waals surface area contributed by atoms with E-state index in [1.807, 2.05) is 0 Å². The first-order chi connectivity index (χ1) is 9.07. The van der Waals surface area contributed by atoms with Crippen LogP contribution in [-0.4, -0.2) is 60.4 Å². The fraction of sp³-hybridized carbons (Fsp3) is 0.929. The van der Waals surface area contributed by atoms with Gasteiger partial charge in [0.05, 0.1) is 24.7 Å². The largest absolute Gasteiger partial charge is 0.388 e. The van der Waals surface area contributed by atoms with Crippen LogP contribution in [0, 0.1) is 0 Å². The molecule has 2 heterocycles. The van der Waals surface area contributed by atoms with Crippen molar-refractivity contribution >= 4 is 5.91 Å². The number of β-amino-alcohol motifs (C(OH)–C–C–N with tert-alkyl or cyclic N) is 1. The smallest absolute Gasteiger partial charge is 0.224 e. The quantitative estimate of drug-likeness (QED) is 0.782. The molecule has 2 fully saturated rings. The van der Waals surface area contributed by atoms with E-state index in [2.05, 4.69) is 5.32 Å². The van der Waals surface area contributed by atoms with E-state index in [0.717, 1.165) is 45.3 Å². The zero-order valence-electron chi connectivity index (χ0n) is 11.9. The number of carbonyl (C=O) groups excluding carboxylic acids is 1. The molecule has 0 aromatic heterocycles. The highest BCUT2D eigenvalue weighted by Crippen LogP contribution is 2.20. The van der Waals surface area contributed by atoms with Gasteiger partial charge in [-0.2, -0.15) is 0 Å². The van der Waals surface area contributed by atoms with Crippen molar-refractivity contribution in [3.8, 4) is 0 Å². The van der Waals surface area contributed by atoms with Crippen LogP contribution in [0.2, 0.25) is 0 Å². The summed E-state index contributed by atoms with van der Waals surface area (Å²) < 4.78 is 5.75. The van der Waals surface area contributed by atoms with Crippen molar-refractivity contribution in [3.05, 3.63) is 0 Å². The molecular formula is C14H26N2O3. The Bertz CT molecular complexity index is 301. The number of likely N-dealkylation sites (tertiary alicyclic amines) is 1. The van der Waals surface area contributed by atoms with E-state index in [1.165, 1.54) is 0 Å². The Morgan fingerprint density at radius 2 is 2.21 bits per heavy atom. The van der Waals surface area contributed by atoms with Crippen LogP contribution in [0.3, 0.4) is 0 Å². The van der Waals surface area contributed by atoms with Crippen molar-refractivity contribution in [2.45, 2.75) is 50.7 Å². The second-order valence-corrected chi connectivity index (χ2v) is 5.99. The Morgan fingerprint density at radius 1 is 1.47 bits per heavy atom. The SMILES string of the molecule is CC1(O)CCCN(C(=O)CCOC2CCNCC2)C1. The summed E-state index contributed by atoms with van der Waals surface area (Å²) in [6.45, 7) is 5.54. The van der Waals surface area contributed by atoms with E-state index in [0.29, 0.717) is 25.7 Å². The van der Waals surface area contributed by atoms with Gasteiger partial charge in [-0.05, 0) is 45.7 Å². The maximum absolute atomic E-state index is 12.1. The van der Waals surface area contributed by atoms with Crippen LogP contribution in [0.4, 0.5) is 0 Å². The van der Waals surface area contributed by atoms with Crippen LogP contribution in [-0.2, 0) is 9.53 Å². The number of hydrogen-bond donors (Lipinski definition) is 2. The average molecular weight is 270 g/mol. The molecule has 2 saturated heterocycles. The number of piperidine rings is 2. The van der Waals surface area contributed by atoms with Crippen LogP contribution >= 0.6 is 0 Å². The van der Waals surface area contributed by atoms with Gasteiger partial charge in [0, 0.05) is 13.1 Å². The molecule has 0 saturated carbocycles. The number of amides is 1.